The summed E-state index contributed by atoms with van der Waals surface area (Å²) in [4.78, 5) is 1.32. The molecule has 0 spiro atoms. The van der Waals surface area contributed by atoms with E-state index in [0.717, 1.165) is 12.8 Å². The van der Waals surface area contributed by atoms with Crippen molar-refractivity contribution in [3.8, 4) is 0 Å². The Kier molecular flexibility index (Phi) is 3.14. The van der Waals surface area contributed by atoms with Crippen LogP contribution in [0.4, 0.5) is 0 Å². The summed E-state index contributed by atoms with van der Waals surface area (Å²) in [6.45, 7) is 2.14. The number of aryl methyl sites for hydroxylation is 1. The van der Waals surface area contributed by atoms with E-state index in [1.54, 1.807) is 18.4 Å². The van der Waals surface area contributed by atoms with Gasteiger partial charge in [0.1, 0.15) is 0 Å². The van der Waals surface area contributed by atoms with Crippen molar-refractivity contribution in [2.45, 2.75) is 44.2 Å². The predicted molar refractivity (Wildman–Crippen MR) is 64.2 cm³/mol. The quantitative estimate of drug-likeness (QED) is 0.858. The van der Waals surface area contributed by atoms with Crippen molar-refractivity contribution in [2.75, 3.05) is 7.11 Å². The second-order valence-electron chi connectivity index (χ2n) is 4.39. The first kappa shape index (κ1) is 11.1. The van der Waals surface area contributed by atoms with E-state index in [1.165, 1.54) is 23.3 Å². The van der Waals surface area contributed by atoms with E-state index in [9.17, 15) is 0 Å². The lowest BCUT2D eigenvalue weighted by Gasteiger charge is -2.34. The van der Waals surface area contributed by atoms with Gasteiger partial charge in [-0.3, -0.25) is 0 Å². The molecule has 2 N–H and O–H groups in total. The molecule has 15 heavy (non-hydrogen) atoms. The smallest absolute Gasteiger partial charge is 0.0870 e. The molecule has 3 heteroatoms. The molecule has 2 rings (SSSR count). The van der Waals surface area contributed by atoms with Gasteiger partial charge in [0.05, 0.1) is 11.6 Å². The summed E-state index contributed by atoms with van der Waals surface area (Å²) < 4.78 is 5.72. The summed E-state index contributed by atoms with van der Waals surface area (Å²) in [5, 5.41) is 2.11. The van der Waals surface area contributed by atoms with E-state index in [-0.39, 0.29) is 11.6 Å². The van der Waals surface area contributed by atoms with Crippen molar-refractivity contribution in [3.05, 3.63) is 21.9 Å². The first-order chi connectivity index (χ1) is 7.19. The third-order valence-electron chi connectivity index (χ3n) is 3.66. The van der Waals surface area contributed by atoms with Crippen LogP contribution in [0.5, 0.6) is 0 Å². The molecule has 0 radical (unpaired) electrons. The Morgan fingerprint density at radius 3 is 2.60 bits per heavy atom. The zero-order chi connectivity index (χ0) is 10.9. The first-order valence-electron chi connectivity index (χ1n) is 5.54. The first-order valence-corrected chi connectivity index (χ1v) is 6.42. The van der Waals surface area contributed by atoms with Crippen LogP contribution in [-0.2, 0) is 4.74 Å². The number of thiophene rings is 1. The summed E-state index contributed by atoms with van der Waals surface area (Å²) in [7, 11) is 1.80. The monoisotopic (exact) mass is 225 g/mol. The Labute approximate surface area is 95.4 Å². The molecule has 0 bridgehead atoms. The average molecular weight is 225 g/mol. The minimum atomic E-state index is -0.105. The van der Waals surface area contributed by atoms with Gasteiger partial charge < -0.3 is 10.5 Å². The zero-order valence-electron chi connectivity index (χ0n) is 9.45. The van der Waals surface area contributed by atoms with Crippen LogP contribution < -0.4 is 5.73 Å². The van der Waals surface area contributed by atoms with Crippen LogP contribution in [0.2, 0.25) is 0 Å². The summed E-state index contributed by atoms with van der Waals surface area (Å²) in [5.41, 5.74) is 7.53. The lowest BCUT2D eigenvalue weighted by atomic mass is 9.88. The van der Waals surface area contributed by atoms with E-state index < -0.39 is 0 Å². The van der Waals surface area contributed by atoms with E-state index in [0.29, 0.717) is 0 Å². The van der Waals surface area contributed by atoms with Crippen molar-refractivity contribution in [3.63, 3.8) is 0 Å². The third kappa shape index (κ3) is 1.84. The minimum absolute atomic E-state index is 0.0382. The molecule has 84 valence electrons. The molecule has 1 unspecified atom stereocenters. The van der Waals surface area contributed by atoms with Crippen LogP contribution >= 0.6 is 11.3 Å². The molecule has 0 amide bonds. The highest BCUT2D eigenvalue weighted by atomic mass is 32.1. The van der Waals surface area contributed by atoms with Crippen LogP contribution in [0.15, 0.2) is 11.4 Å². The van der Waals surface area contributed by atoms with E-state index in [2.05, 4.69) is 18.4 Å². The fourth-order valence-electron chi connectivity index (χ4n) is 2.62. The molecule has 0 aliphatic heterocycles. The third-order valence-corrected chi connectivity index (χ3v) is 4.52. The van der Waals surface area contributed by atoms with Crippen LogP contribution in [0.1, 0.15) is 42.2 Å². The highest BCUT2D eigenvalue weighted by Crippen LogP contribution is 2.42. The Hall–Kier alpha value is -0.380. The zero-order valence-corrected chi connectivity index (χ0v) is 10.3. The van der Waals surface area contributed by atoms with Crippen molar-refractivity contribution >= 4 is 11.3 Å². The van der Waals surface area contributed by atoms with Crippen molar-refractivity contribution in [1.82, 2.24) is 0 Å². The molecular weight excluding hydrogens is 206 g/mol. The van der Waals surface area contributed by atoms with Gasteiger partial charge in [-0.05, 0) is 36.8 Å². The number of hydrogen-bond acceptors (Lipinski definition) is 3. The van der Waals surface area contributed by atoms with Crippen molar-refractivity contribution in [1.29, 1.82) is 0 Å². The second-order valence-corrected chi connectivity index (χ2v) is 5.51. The Morgan fingerprint density at radius 1 is 1.47 bits per heavy atom. The molecular formula is C12H19NOS. The highest BCUT2D eigenvalue weighted by Gasteiger charge is 2.41. The molecule has 0 aromatic carbocycles. The normalized spacial score (nSPS) is 21.8. The number of ether oxygens (including phenoxy) is 1. The molecule has 1 aliphatic rings. The van der Waals surface area contributed by atoms with Crippen LogP contribution in [0.25, 0.3) is 0 Å². The molecule has 1 aromatic rings. The van der Waals surface area contributed by atoms with Gasteiger partial charge in [0.15, 0.2) is 0 Å². The average Bonchev–Trinajstić information content (AvgIpc) is 2.86. The van der Waals surface area contributed by atoms with Gasteiger partial charge in [0.2, 0.25) is 0 Å². The number of hydrogen-bond donors (Lipinski definition) is 1. The van der Waals surface area contributed by atoms with E-state index in [4.69, 9.17) is 10.5 Å². The van der Waals surface area contributed by atoms with Gasteiger partial charge in [-0.25, -0.2) is 0 Å². The molecule has 1 fully saturated rings. The van der Waals surface area contributed by atoms with E-state index >= 15 is 0 Å². The lowest BCUT2D eigenvalue weighted by Crippen LogP contribution is -2.40. The summed E-state index contributed by atoms with van der Waals surface area (Å²) in [6, 6.07) is 2.18. The largest absolute Gasteiger partial charge is 0.376 e. The fourth-order valence-corrected chi connectivity index (χ4v) is 3.37. The van der Waals surface area contributed by atoms with Crippen LogP contribution in [0, 0.1) is 6.92 Å². The van der Waals surface area contributed by atoms with Gasteiger partial charge in [0.25, 0.3) is 0 Å². The highest BCUT2D eigenvalue weighted by molar-refractivity contribution is 7.10. The fraction of sp³-hybridized carbons (Fsp3) is 0.667. The molecule has 1 atom stereocenters. The van der Waals surface area contributed by atoms with Crippen LogP contribution in [-0.4, -0.2) is 12.7 Å². The predicted octanol–water partition coefficient (Wildman–Crippen LogP) is 3.02. The second kappa shape index (κ2) is 4.24. The van der Waals surface area contributed by atoms with E-state index in [1.807, 2.05) is 0 Å². The van der Waals surface area contributed by atoms with Gasteiger partial charge in [0, 0.05) is 12.0 Å². The maximum atomic E-state index is 6.37. The maximum absolute atomic E-state index is 6.37. The minimum Gasteiger partial charge on any atom is -0.376 e. The van der Waals surface area contributed by atoms with Crippen molar-refractivity contribution in [2.24, 2.45) is 5.73 Å². The van der Waals surface area contributed by atoms with Crippen molar-refractivity contribution < 1.29 is 4.74 Å². The molecule has 1 aliphatic carbocycles. The summed E-state index contributed by atoms with van der Waals surface area (Å²) in [5.74, 6) is 0. The van der Waals surface area contributed by atoms with Gasteiger partial charge in [-0.1, -0.05) is 12.8 Å². The van der Waals surface area contributed by atoms with Gasteiger partial charge >= 0.3 is 0 Å². The Bertz CT molecular complexity index is 328. The lowest BCUT2D eigenvalue weighted by molar-refractivity contribution is -0.0264. The number of nitrogens with two attached hydrogens (primary N) is 1. The summed E-state index contributed by atoms with van der Waals surface area (Å²) >= 11 is 1.77. The molecule has 1 aromatic heterocycles. The standard InChI is InChI=1S/C12H19NOS/c1-9-10(5-8-15-9)11(13)12(14-2)6-3-4-7-12/h5,8,11H,3-4,6-7,13H2,1-2H3. The molecule has 1 heterocycles. The number of methoxy groups -OCH3 is 1. The Balaban J connectivity index is 2.26. The Morgan fingerprint density at radius 2 is 2.13 bits per heavy atom. The van der Waals surface area contributed by atoms with Gasteiger partial charge in [-0.2, -0.15) is 0 Å². The maximum Gasteiger partial charge on any atom is 0.0870 e. The number of rotatable bonds is 3. The topological polar surface area (TPSA) is 35.2 Å². The molecule has 1 saturated carbocycles. The molecule has 0 saturated heterocycles. The van der Waals surface area contributed by atoms with Gasteiger partial charge in [-0.15, -0.1) is 11.3 Å². The van der Waals surface area contributed by atoms with Crippen LogP contribution in [0.3, 0.4) is 0 Å². The molecule has 2 nitrogen and oxygen atoms in total. The SMILES string of the molecule is COC1(C(N)c2ccsc2C)CCCC1. The summed E-state index contributed by atoms with van der Waals surface area (Å²) in [6.07, 6.45) is 4.68.